The summed E-state index contributed by atoms with van der Waals surface area (Å²) < 4.78 is 29.8. The lowest BCUT2D eigenvalue weighted by Crippen LogP contribution is -2.44. The van der Waals surface area contributed by atoms with E-state index in [2.05, 4.69) is 5.32 Å². The van der Waals surface area contributed by atoms with Crippen LogP contribution in [0.3, 0.4) is 0 Å². The van der Waals surface area contributed by atoms with Gasteiger partial charge in [-0.2, -0.15) is 0 Å². The topological polar surface area (TPSA) is 72.5 Å². The molecule has 144 valence electrons. The lowest BCUT2D eigenvalue weighted by Gasteiger charge is -2.40. The number of sulfone groups is 1. The Kier molecular flexibility index (Phi) is 6.03. The first-order valence-corrected chi connectivity index (χ1v) is 11.4. The van der Waals surface area contributed by atoms with Gasteiger partial charge in [-0.1, -0.05) is 31.4 Å². The largest absolute Gasteiger partial charge is 0.370 e. The number of ether oxygens (including phenoxy) is 1. The second kappa shape index (κ2) is 8.09. The Morgan fingerprint density at radius 2 is 1.73 bits per heavy atom. The minimum absolute atomic E-state index is 0.00883. The molecule has 3 atom stereocenters. The van der Waals surface area contributed by atoms with E-state index in [1.54, 1.807) is 19.1 Å². The molecule has 6 heteroatoms. The highest BCUT2D eigenvalue weighted by atomic mass is 32.2. The maximum Gasteiger partial charge on any atom is 0.217 e. The summed E-state index contributed by atoms with van der Waals surface area (Å²) in [5.41, 5.74) is 0.980. The summed E-state index contributed by atoms with van der Waals surface area (Å²) in [6, 6.07) is 7.08. The molecule has 2 fully saturated rings. The van der Waals surface area contributed by atoms with Crippen molar-refractivity contribution in [1.29, 1.82) is 0 Å². The van der Waals surface area contributed by atoms with E-state index in [1.807, 2.05) is 12.1 Å². The van der Waals surface area contributed by atoms with Crippen molar-refractivity contribution in [3.8, 4) is 0 Å². The van der Waals surface area contributed by atoms with Gasteiger partial charge in [0.15, 0.2) is 9.84 Å². The van der Waals surface area contributed by atoms with Gasteiger partial charge in [0.1, 0.15) is 0 Å². The average Bonchev–Trinajstić information content (AvgIpc) is 2.61. The van der Waals surface area contributed by atoms with E-state index < -0.39 is 9.84 Å². The number of amides is 1. The number of carbonyl (C=O) groups excluding carboxylic acids is 1. The molecule has 1 saturated heterocycles. The normalized spacial score (nSPS) is 27.8. The maximum absolute atomic E-state index is 11.7. The molecule has 1 aromatic rings. The third-order valence-corrected chi connectivity index (χ3v) is 6.75. The smallest absolute Gasteiger partial charge is 0.217 e. The third-order valence-electron chi connectivity index (χ3n) is 5.62. The molecule has 1 aliphatic carbocycles. The zero-order valence-corrected chi connectivity index (χ0v) is 16.4. The van der Waals surface area contributed by atoms with E-state index in [0.717, 1.165) is 18.4 Å². The highest BCUT2D eigenvalue weighted by molar-refractivity contribution is 7.90. The maximum atomic E-state index is 11.7. The molecule has 1 saturated carbocycles. The van der Waals surface area contributed by atoms with E-state index in [1.165, 1.54) is 38.4 Å². The molecule has 1 aliphatic heterocycles. The molecule has 0 unspecified atom stereocenters. The molecule has 5 nitrogen and oxygen atoms in total. The van der Waals surface area contributed by atoms with Gasteiger partial charge in [-0.25, -0.2) is 8.42 Å². The first kappa shape index (κ1) is 19.4. The van der Waals surface area contributed by atoms with Crippen LogP contribution in [-0.2, 0) is 19.4 Å². The molecule has 1 aromatic carbocycles. The number of benzene rings is 1. The van der Waals surface area contributed by atoms with Gasteiger partial charge in [-0.3, -0.25) is 4.79 Å². The number of carbonyl (C=O) groups is 1. The van der Waals surface area contributed by atoms with Crippen molar-refractivity contribution in [2.24, 2.45) is 5.92 Å². The fourth-order valence-corrected chi connectivity index (χ4v) is 4.95. The Morgan fingerprint density at radius 3 is 2.31 bits per heavy atom. The minimum atomic E-state index is -3.20. The molecule has 0 spiro atoms. The summed E-state index contributed by atoms with van der Waals surface area (Å²) in [6.07, 6.45) is 9.03. The molecule has 1 N–H and O–H groups in total. The lowest BCUT2D eigenvalue weighted by molar-refractivity contribution is -0.124. The second-order valence-electron chi connectivity index (χ2n) is 7.77. The summed E-state index contributed by atoms with van der Waals surface area (Å²) in [5.74, 6) is 0.545. The highest BCUT2D eigenvalue weighted by Gasteiger charge is 2.35. The van der Waals surface area contributed by atoms with Crippen molar-refractivity contribution < 1.29 is 17.9 Å². The molecule has 26 heavy (non-hydrogen) atoms. The zero-order chi connectivity index (χ0) is 18.7. The van der Waals surface area contributed by atoms with E-state index in [0.29, 0.717) is 10.8 Å². The van der Waals surface area contributed by atoms with E-state index in [4.69, 9.17) is 4.74 Å². The van der Waals surface area contributed by atoms with E-state index >= 15 is 0 Å². The van der Waals surface area contributed by atoms with Crippen molar-refractivity contribution in [2.75, 3.05) is 6.26 Å². The lowest BCUT2D eigenvalue weighted by atomic mass is 9.80. The van der Waals surface area contributed by atoms with Crippen molar-refractivity contribution >= 4 is 15.7 Å². The summed E-state index contributed by atoms with van der Waals surface area (Å²) >= 11 is 0. The summed E-state index contributed by atoms with van der Waals surface area (Å²) in [7, 11) is -3.20. The molecular weight excluding hydrogens is 350 g/mol. The van der Waals surface area contributed by atoms with Crippen LogP contribution in [0.5, 0.6) is 0 Å². The van der Waals surface area contributed by atoms with Crippen molar-refractivity contribution in [3.63, 3.8) is 0 Å². The van der Waals surface area contributed by atoms with Crippen LogP contribution < -0.4 is 5.32 Å². The van der Waals surface area contributed by atoms with Gasteiger partial charge < -0.3 is 10.1 Å². The first-order valence-electron chi connectivity index (χ1n) is 9.55. The van der Waals surface area contributed by atoms with Crippen molar-refractivity contribution in [3.05, 3.63) is 29.8 Å². The van der Waals surface area contributed by atoms with Gasteiger partial charge >= 0.3 is 0 Å². The van der Waals surface area contributed by atoms with Gasteiger partial charge in [0.25, 0.3) is 0 Å². The average molecular weight is 380 g/mol. The van der Waals surface area contributed by atoms with Crippen LogP contribution in [0.4, 0.5) is 0 Å². The molecular formula is C20H29NO4S. The van der Waals surface area contributed by atoms with Gasteiger partial charge in [0, 0.05) is 19.2 Å². The number of hydrogen-bond donors (Lipinski definition) is 1. The van der Waals surface area contributed by atoms with Crippen LogP contribution in [0.15, 0.2) is 29.2 Å². The predicted molar refractivity (Wildman–Crippen MR) is 101 cm³/mol. The SMILES string of the molecule is CC(=O)N[C@H]1C[C@@H](C2CCCCC2)O[C@@H](c2ccc(S(C)(=O)=O)cc2)C1. The molecule has 1 heterocycles. The van der Waals surface area contributed by atoms with Crippen LogP contribution in [0, 0.1) is 5.92 Å². The molecule has 1 amide bonds. The second-order valence-corrected chi connectivity index (χ2v) is 9.79. The quantitative estimate of drug-likeness (QED) is 0.870. The molecule has 0 bridgehead atoms. The van der Waals surface area contributed by atoms with E-state index in [-0.39, 0.29) is 24.2 Å². The Hall–Kier alpha value is -1.40. The third kappa shape index (κ3) is 4.86. The van der Waals surface area contributed by atoms with E-state index in [9.17, 15) is 13.2 Å². The van der Waals surface area contributed by atoms with Crippen LogP contribution in [0.1, 0.15) is 63.5 Å². The number of hydrogen-bond acceptors (Lipinski definition) is 4. The number of rotatable bonds is 4. The Balaban J connectivity index is 1.78. The molecule has 3 rings (SSSR count). The van der Waals surface area contributed by atoms with Crippen molar-refractivity contribution in [1.82, 2.24) is 5.32 Å². The fraction of sp³-hybridized carbons (Fsp3) is 0.650. The monoisotopic (exact) mass is 379 g/mol. The first-order chi connectivity index (χ1) is 12.3. The standard InChI is InChI=1S/C20H29NO4S/c1-14(22)21-17-12-19(15-6-4-3-5-7-15)25-20(13-17)16-8-10-18(11-9-16)26(2,23)24/h8-11,15,17,19-20H,3-7,12-13H2,1-2H3,(H,21,22)/t17-,19-,20+/m0/s1. The van der Waals surface area contributed by atoms with Crippen molar-refractivity contribution in [2.45, 2.75) is 75.0 Å². The summed E-state index contributed by atoms with van der Waals surface area (Å²) in [6.45, 7) is 1.56. The Morgan fingerprint density at radius 1 is 1.08 bits per heavy atom. The van der Waals surface area contributed by atoms with Crippen LogP contribution in [0.2, 0.25) is 0 Å². The zero-order valence-electron chi connectivity index (χ0n) is 15.6. The molecule has 0 aromatic heterocycles. The Bertz CT molecular complexity index is 723. The molecule has 2 aliphatic rings. The van der Waals surface area contributed by atoms with Crippen LogP contribution in [0.25, 0.3) is 0 Å². The minimum Gasteiger partial charge on any atom is -0.370 e. The van der Waals surface area contributed by atoms with Gasteiger partial charge in [0.05, 0.1) is 17.1 Å². The van der Waals surface area contributed by atoms with Crippen LogP contribution >= 0.6 is 0 Å². The predicted octanol–water partition coefficient (Wildman–Crippen LogP) is 3.40. The van der Waals surface area contributed by atoms with Gasteiger partial charge in [0.2, 0.25) is 5.91 Å². The molecule has 0 radical (unpaired) electrons. The summed E-state index contributed by atoms with van der Waals surface area (Å²) in [4.78, 5) is 11.9. The summed E-state index contributed by atoms with van der Waals surface area (Å²) in [5, 5.41) is 3.07. The van der Waals surface area contributed by atoms with Gasteiger partial charge in [-0.05, 0) is 49.3 Å². The van der Waals surface area contributed by atoms with Crippen LogP contribution in [-0.4, -0.2) is 32.7 Å². The number of nitrogens with one attached hydrogen (secondary N) is 1. The highest BCUT2D eigenvalue weighted by Crippen LogP contribution is 2.39. The van der Waals surface area contributed by atoms with Gasteiger partial charge in [-0.15, -0.1) is 0 Å². The fourth-order valence-electron chi connectivity index (χ4n) is 4.32. The Labute approximate surface area is 156 Å².